The van der Waals surface area contributed by atoms with Crippen LogP contribution in [0.25, 0.3) is 22.1 Å². The van der Waals surface area contributed by atoms with E-state index < -0.39 is 5.63 Å². The molecule has 0 spiro atoms. The molecular weight excluding hydrogens is 380 g/mol. The summed E-state index contributed by atoms with van der Waals surface area (Å²) in [7, 11) is 3.13. The van der Waals surface area contributed by atoms with E-state index in [2.05, 4.69) is 0 Å². The van der Waals surface area contributed by atoms with E-state index >= 15 is 0 Å². The molecule has 1 heterocycles. The van der Waals surface area contributed by atoms with Crippen LogP contribution < -0.4 is 19.8 Å². The van der Waals surface area contributed by atoms with Crippen LogP contribution in [0.2, 0.25) is 0 Å². The van der Waals surface area contributed by atoms with Gasteiger partial charge < -0.3 is 18.6 Å². The molecule has 0 saturated heterocycles. The molecule has 0 fully saturated rings. The predicted molar refractivity (Wildman–Crippen MR) is 117 cm³/mol. The Morgan fingerprint density at radius 1 is 0.867 bits per heavy atom. The molecule has 1 aromatic heterocycles. The summed E-state index contributed by atoms with van der Waals surface area (Å²) in [5.41, 5.74) is 3.49. The van der Waals surface area contributed by atoms with Gasteiger partial charge in [-0.05, 0) is 53.9 Å². The molecule has 0 saturated carbocycles. The molecule has 4 rings (SSSR count). The highest BCUT2D eigenvalue weighted by Crippen LogP contribution is 2.32. The van der Waals surface area contributed by atoms with Gasteiger partial charge >= 0.3 is 5.63 Å². The van der Waals surface area contributed by atoms with Crippen LogP contribution in [0.1, 0.15) is 11.1 Å². The third-order valence-corrected chi connectivity index (χ3v) is 5.06. The van der Waals surface area contributed by atoms with Gasteiger partial charge in [-0.2, -0.15) is 0 Å². The lowest BCUT2D eigenvalue weighted by Gasteiger charge is -2.10. The molecule has 3 aromatic carbocycles. The molecule has 30 heavy (non-hydrogen) atoms. The maximum absolute atomic E-state index is 12.6. The molecule has 0 aliphatic heterocycles. The van der Waals surface area contributed by atoms with Crippen molar-refractivity contribution in [2.75, 3.05) is 14.2 Å². The average molecular weight is 402 g/mol. The molecule has 5 nitrogen and oxygen atoms in total. The Hall–Kier alpha value is -3.73. The van der Waals surface area contributed by atoms with E-state index in [1.807, 2.05) is 49.4 Å². The fraction of sp³-hybridized carbons (Fsp3) is 0.160. The maximum Gasteiger partial charge on any atom is 0.344 e. The summed E-state index contributed by atoms with van der Waals surface area (Å²) in [5.74, 6) is 1.80. The van der Waals surface area contributed by atoms with Gasteiger partial charge in [-0.25, -0.2) is 4.79 Å². The minimum absolute atomic E-state index is 0.425. The largest absolute Gasteiger partial charge is 0.493 e. The van der Waals surface area contributed by atoms with Crippen LogP contribution in [0.5, 0.6) is 17.2 Å². The lowest BCUT2D eigenvalue weighted by molar-refractivity contribution is 0.305. The molecule has 0 N–H and O–H groups in total. The van der Waals surface area contributed by atoms with E-state index in [1.54, 1.807) is 38.5 Å². The van der Waals surface area contributed by atoms with Crippen LogP contribution in [0, 0.1) is 6.92 Å². The van der Waals surface area contributed by atoms with Crippen molar-refractivity contribution < 1.29 is 18.6 Å². The van der Waals surface area contributed by atoms with Crippen molar-refractivity contribution >= 4 is 11.0 Å². The molecule has 0 radical (unpaired) electrons. The van der Waals surface area contributed by atoms with E-state index in [1.165, 1.54) is 5.56 Å². The fourth-order valence-electron chi connectivity index (χ4n) is 3.32. The molecule has 0 atom stereocenters. The molecule has 0 amide bonds. The van der Waals surface area contributed by atoms with Crippen molar-refractivity contribution in [2.45, 2.75) is 13.5 Å². The molecule has 0 aliphatic rings. The van der Waals surface area contributed by atoms with E-state index in [9.17, 15) is 4.79 Å². The predicted octanol–water partition coefficient (Wildman–Crippen LogP) is 5.36. The highest BCUT2D eigenvalue weighted by molar-refractivity contribution is 5.83. The smallest absolute Gasteiger partial charge is 0.344 e. The lowest BCUT2D eigenvalue weighted by atomic mass is 10.1. The zero-order valence-corrected chi connectivity index (χ0v) is 17.1. The van der Waals surface area contributed by atoms with Crippen LogP contribution in [0.15, 0.2) is 75.9 Å². The SMILES string of the molecule is COc1ccc(-c2cc3ccc(OCc4ccccc4C)cc3oc2=O)cc1OC. The van der Waals surface area contributed by atoms with Crippen molar-refractivity contribution in [1.82, 2.24) is 0 Å². The van der Waals surface area contributed by atoms with E-state index in [0.717, 1.165) is 10.9 Å². The zero-order valence-electron chi connectivity index (χ0n) is 17.1. The summed E-state index contributed by atoms with van der Waals surface area (Å²) in [6.07, 6.45) is 0. The van der Waals surface area contributed by atoms with Gasteiger partial charge in [0.05, 0.1) is 19.8 Å². The topological polar surface area (TPSA) is 57.9 Å². The van der Waals surface area contributed by atoms with Gasteiger partial charge in [0.1, 0.15) is 17.9 Å². The summed E-state index contributed by atoms with van der Waals surface area (Å²) in [6, 6.07) is 20.7. The van der Waals surface area contributed by atoms with Crippen molar-refractivity contribution in [3.8, 4) is 28.4 Å². The van der Waals surface area contributed by atoms with Crippen LogP contribution in [-0.4, -0.2) is 14.2 Å². The second-order valence-corrected chi connectivity index (χ2v) is 6.93. The number of hydrogen-bond acceptors (Lipinski definition) is 5. The summed E-state index contributed by atoms with van der Waals surface area (Å²) in [6.45, 7) is 2.50. The van der Waals surface area contributed by atoms with Crippen LogP contribution in [0.3, 0.4) is 0 Å². The highest BCUT2D eigenvalue weighted by atomic mass is 16.5. The second kappa shape index (κ2) is 8.33. The van der Waals surface area contributed by atoms with Gasteiger partial charge in [-0.1, -0.05) is 30.3 Å². The molecule has 152 valence electrons. The second-order valence-electron chi connectivity index (χ2n) is 6.93. The minimum Gasteiger partial charge on any atom is -0.493 e. The quantitative estimate of drug-likeness (QED) is 0.406. The molecule has 5 heteroatoms. The van der Waals surface area contributed by atoms with Crippen LogP contribution >= 0.6 is 0 Å². The number of aryl methyl sites for hydroxylation is 1. The highest BCUT2D eigenvalue weighted by Gasteiger charge is 2.12. The number of methoxy groups -OCH3 is 2. The maximum atomic E-state index is 12.6. The fourth-order valence-corrected chi connectivity index (χ4v) is 3.32. The van der Waals surface area contributed by atoms with Crippen LogP contribution in [-0.2, 0) is 6.61 Å². The Kier molecular flexibility index (Phi) is 5.44. The summed E-state index contributed by atoms with van der Waals surface area (Å²) < 4.78 is 22.1. The average Bonchev–Trinajstić information content (AvgIpc) is 2.77. The van der Waals surface area contributed by atoms with E-state index in [-0.39, 0.29) is 0 Å². The van der Waals surface area contributed by atoms with Gasteiger partial charge in [0, 0.05) is 11.5 Å². The first-order chi connectivity index (χ1) is 14.6. The first-order valence-electron chi connectivity index (χ1n) is 9.56. The normalized spacial score (nSPS) is 10.8. The number of rotatable bonds is 6. The van der Waals surface area contributed by atoms with Gasteiger partial charge in [0.15, 0.2) is 11.5 Å². The Morgan fingerprint density at radius 2 is 1.67 bits per heavy atom. The van der Waals surface area contributed by atoms with Gasteiger partial charge in [-0.15, -0.1) is 0 Å². The third-order valence-electron chi connectivity index (χ3n) is 5.06. The first-order valence-corrected chi connectivity index (χ1v) is 9.56. The summed E-state index contributed by atoms with van der Waals surface area (Å²) >= 11 is 0. The Labute approximate surface area is 174 Å². The van der Waals surface area contributed by atoms with Crippen molar-refractivity contribution in [3.63, 3.8) is 0 Å². The number of hydrogen-bond donors (Lipinski definition) is 0. The third kappa shape index (κ3) is 3.87. The lowest BCUT2D eigenvalue weighted by Crippen LogP contribution is -2.03. The number of ether oxygens (including phenoxy) is 3. The van der Waals surface area contributed by atoms with Gasteiger partial charge in [0.2, 0.25) is 0 Å². The van der Waals surface area contributed by atoms with Crippen molar-refractivity contribution in [3.05, 3.63) is 88.3 Å². The standard InChI is InChI=1S/C25H22O5/c1-16-6-4-5-7-19(16)15-29-20-10-8-18-12-21(25(26)30-23(18)14-20)17-9-11-22(27-2)24(13-17)28-3/h4-14H,15H2,1-3H3. The number of benzene rings is 3. The van der Waals surface area contributed by atoms with Gasteiger partial charge in [0.25, 0.3) is 0 Å². The Balaban J connectivity index is 1.64. The first kappa shape index (κ1) is 19.6. The Bertz CT molecular complexity index is 1260. The number of fused-ring (bicyclic) bond motifs is 1. The molecular formula is C25H22O5. The molecule has 0 bridgehead atoms. The van der Waals surface area contributed by atoms with E-state index in [0.29, 0.717) is 40.6 Å². The van der Waals surface area contributed by atoms with E-state index in [4.69, 9.17) is 18.6 Å². The molecule has 0 aliphatic carbocycles. The summed E-state index contributed by atoms with van der Waals surface area (Å²) in [5, 5.41) is 0.808. The molecule has 4 aromatic rings. The molecule has 0 unspecified atom stereocenters. The zero-order chi connectivity index (χ0) is 21.1. The van der Waals surface area contributed by atoms with Gasteiger partial charge in [-0.3, -0.25) is 0 Å². The van der Waals surface area contributed by atoms with Crippen molar-refractivity contribution in [2.24, 2.45) is 0 Å². The summed E-state index contributed by atoms with van der Waals surface area (Å²) in [4.78, 5) is 12.6. The Morgan fingerprint density at radius 3 is 2.43 bits per heavy atom. The monoisotopic (exact) mass is 402 g/mol. The van der Waals surface area contributed by atoms with Crippen molar-refractivity contribution in [1.29, 1.82) is 0 Å². The van der Waals surface area contributed by atoms with Crippen LogP contribution in [0.4, 0.5) is 0 Å². The minimum atomic E-state index is -0.425.